The molecule has 0 radical (unpaired) electrons. The zero-order valence-corrected chi connectivity index (χ0v) is 17.1. The molecule has 0 bridgehead atoms. The summed E-state index contributed by atoms with van der Waals surface area (Å²) in [7, 11) is 2.88. The van der Waals surface area contributed by atoms with E-state index in [-0.39, 0.29) is 25.3 Å². The predicted octanol–water partition coefficient (Wildman–Crippen LogP) is 2.22. The van der Waals surface area contributed by atoms with Gasteiger partial charge < -0.3 is 14.8 Å². The quantitative estimate of drug-likeness (QED) is 0.616. The molecule has 1 aliphatic rings. The fourth-order valence-electron chi connectivity index (χ4n) is 3.03. The van der Waals surface area contributed by atoms with E-state index in [1.807, 2.05) is 0 Å². The molecule has 0 aromatic heterocycles. The number of nitrogens with one attached hydrogen (secondary N) is 2. The zero-order chi connectivity index (χ0) is 22.7. The zero-order valence-electron chi connectivity index (χ0n) is 17.1. The first-order chi connectivity index (χ1) is 13.9. The molecule has 0 aliphatic carbocycles. The molecule has 11 heteroatoms. The van der Waals surface area contributed by atoms with Crippen molar-refractivity contribution in [3.63, 3.8) is 0 Å². The number of ether oxygens (including phenoxy) is 2. The summed E-state index contributed by atoms with van der Waals surface area (Å²) in [6, 6.07) is 3.61. The Labute approximate surface area is 171 Å². The smallest absolute Gasteiger partial charge is 0.440 e. The molecule has 1 heterocycles. The van der Waals surface area contributed by atoms with E-state index in [4.69, 9.17) is 9.47 Å². The van der Waals surface area contributed by atoms with Gasteiger partial charge in [0.2, 0.25) is 5.91 Å². The summed E-state index contributed by atoms with van der Waals surface area (Å²) < 4.78 is 51.5. The molecule has 1 fully saturated rings. The van der Waals surface area contributed by atoms with Crippen molar-refractivity contribution in [1.29, 1.82) is 0 Å². The van der Waals surface area contributed by atoms with Gasteiger partial charge in [0.25, 0.3) is 11.6 Å². The third kappa shape index (κ3) is 4.60. The molecule has 166 valence electrons. The molecule has 2 N–H and O–H groups in total. The number of hydrogen-bond acceptors (Lipinski definition) is 5. The van der Waals surface area contributed by atoms with Crippen LogP contribution in [0.1, 0.15) is 25.8 Å². The molecule has 4 amide bonds. The molecule has 1 aromatic rings. The normalized spacial score (nSPS) is 19.1. The average molecular weight is 431 g/mol. The van der Waals surface area contributed by atoms with Crippen molar-refractivity contribution in [2.75, 3.05) is 20.8 Å². The van der Waals surface area contributed by atoms with E-state index < -0.39 is 29.7 Å². The van der Waals surface area contributed by atoms with Gasteiger partial charge in [0.05, 0.1) is 14.2 Å². The van der Waals surface area contributed by atoms with Crippen molar-refractivity contribution < 1.29 is 37.0 Å². The second kappa shape index (κ2) is 8.80. The Kier molecular flexibility index (Phi) is 6.84. The van der Waals surface area contributed by atoms with Gasteiger partial charge in [0, 0.05) is 13.0 Å². The minimum Gasteiger partial charge on any atom is -0.493 e. The summed E-state index contributed by atoms with van der Waals surface area (Å²) in [5, 5.41) is 3.31. The molecular weight excluding hydrogens is 407 g/mol. The number of hydrogen-bond donors (Lipinski definition) is 2. The average Bonchev–Trinajstić information content (AvgIpc) is 2.89. The Bertz CT molecular complexity index is 828. The first-order valence-corrected chi connectivity index (χ1v) is 9.18. The van der Waals surface area contributed by atoms with Crippen LogP contribution in [0.3, 0.4) is 0 Å². The fraction of sp³-hybridized carbons (Fsp3) is 0.526. The summed E-state index contributed by atoms with van der Waals surface area (Å²) in [6.07, 6.45) is -5.37. The van der Waals surface area contributed by atoms with Gasteiger partial charge in [-0.25, -0.2) is 4.79 Å². The highest BCUT2D eigenvalue weighted by molar-refractivity contribution is 6.08. The van der Waals surface area contributed by atoms with Crippen LogP contribution in [0.4, 0.5) is 18.0 Å². The van der Waals surface area contributed by atoms with Crippen molar-refractivity contribution in [2.24, 2.45) is 5.92 Å². The van der Waals surface area contributed by atoms with Crippen LogP contribution < -0.4 is 20.1 Å². The van der Waals surface area contributed by atoms with Crippen LogP contribution in [-0.2, 0) is 16.0 Å². The number of carbonyl (C=O) groups is 3. The topological polar surface area (TPSA) is 97.0 Å². The van der Waals surface area contributed by atoms with Gasteiger partial charge in [-0.05, 0) is 30.0 Å². The van der Waals surface area contributed by atoms with Gasteiger partial charge in [0.15, 0.2) is 11.5 Å². The summed E-state index contributed by atoms with van der Waals surface area (Å²) in [4.78, 5) is 37.2. The Balaban J connectivity index is 2.21. The maximum atomic E-state index is 13.7. The first kappa shape index (κ1) is 23.3. The van der Waals surface area contributed by atoms with Gasteiger partial charge in [-0.2, -0.15) is 13.2 Å². The van der Waals surface area contributed by atoms with E-state index >= 15 is 0 Å². The van der Waals surface area contributed by atoms with Crippen LogP contribution in [0.25, 0.3) is 0 Å². The number of nitrogens with zero attached hydrogens (tertiary/aromatic N) is 1. The number of carbonyl (C=O) groups excluding carboxylic acids is 3. The third-order valence-corrected chi connectivity index (χ3v) is 4.52. The lowest BCUT2D eigenvalue weighted by Crippen LogP contribution is -2.69. The molecule has 0 unspecified atom stereocenters. The van der Waals surface area contributed by atoms with Crippen LogP contribution in [0.5, 0.6) is 11.5 Å². The van der Waals surface area contributed by atoms with Crippen LogP contribution >= 0.6 is 0 Å². The van der Waals surface area contributed by atoms with Crippen molar-refractivity contribution in [2.45, 2.75) is 38.5 Å². The molecule has 1 aliphatic heterocycles. The highest BCUT2D eigenvalue weighted by Crippen LogP contribution is 2.34. The van der Waals surface area contributed by atoms with Crippen molar-refractivity contribution in [3.05, 3.63) is 23.8 Å². The van der Waals surface area contributed by atoms with Gasteiger partial charge in [-0.15, -0.1) is 0 Å². The van der Waals surface area contributed by atoms with E-state index in [1.165, 1.54) is 14.2 Å². The Morgan fingerprint density at radius 2 is 1.83 bits per heavy atom. The number of amides is 4. The maximum Gasteiger partial charge on any atom is 0.440 e. The summed E-state index contributed by atoms with van der Waals surface area (Å²) in [5.74, 6) is -1.93. The number of rotatable bonds is 8. The number of halogens is 3. The second-order valence-corrected chi connectivity index (χ2v) is 7.22. The maximum absolute atomic E-state index is 13.7. The first-order valence-electron chi connectivity index (χ1n) is 9.18. The van der Waals surface area contributed by atoms with E-state index in [0.717, 1.165) is 0 Å². The predicted molar refractivity (Wildman–Crippen MR) is 99.9 cm³/mol. The molecule has 30 heavy (non-hydrogen) atoms. The summed E-state index contributed by atoms with van der Waals surface area (Å²) in [6.45, 7) is 2.96. The fourth-order valence-corrected chi connectivity index (χ4v) is 3.03. The highest BCUT2D eigenvalue weighted by Gasteiger charge is 2.68. The second-order valence-electron chi connectivity index (χ2n) is 7.22. The largest absolute Gasteiger partial charge is 0.493 e. The van der Waals surface area contributed by atoms with Crippen LogP contribution in [-0.4, -0.2) is 55.3 Å². The number of imide groups is 1. The molecule has 1 saturated heterocycles. The lowest BCUT2D eigenvalue weighted by Gasteiger charge is -2.30. The SMILES string of the molecule is COc1ccc(CCN2C(=O)N[C@](NC(=O)CC(C)C)(C(F)(F)F)C2=O)cc1OC. The van der Waals surface area contributed by atoms with Crippen LogP contribution in [0.15, 0.2) is 18.2 Å². The van der Waals surface area contributed by atoms with Gasteiger partial charge in [-0.3, -0.25) is 19.8 Å². The lowest BCUT2D eigenvalue weighted by molar-refractivity contribution is -0.204. The van der Waals surface area contributed by atoms with Crippen molar-refractivity contribution >= 4 is 17.8 Å². The number of benzene rings is 1. The van der Waals surface area contributed by atoms with E-state index in [9.17, 15) is 27.6 Å². The van der Waals surface area contributed by atoms with Crippen LogP contribution in [0.2, 0.25) is 0 Å². The Hall–Kier alpha value is -2.98. The van der Waals surface area contributed by atoms with E-state index in [1.54, 1.807) is 42.7 Å². The van der Waals surface area contributed by atoms with Gasteiger partial charge in [0.1, 0.15) is 0 Å². The molecule has 1 aromatic carbocycles. The Morgan fingerprint density at radius 1 is 1.20 bits per heavy atom. The molecule has 8 nitrogen and oxygen atoms in total. The Morgan fingerprint density at radius 3 is 2.37 bits per heavy atom. The van der Waals surface area contributed by atoms with E-state index in [2.05, 4.69) is 0 Å². The number of urea groups is 1. The van der Waals surface area contributed by atoms with Gasteiger partial charge >= 0.3 is 12.2 Å². The monoisotopic (exact) mass is 431 g/mol. The summed E-state index contributed by atoms with van der Waals surface area (Å²) >= 11 is 0. The third-order valence-electron chi connectivity index (χ3n) is 4.52. The van der Waals surface area contributed by atoms with Gasteiger partial charge in [-0.1, -0.05) is 19.9 Å². The number of alkyl halides is 3. The highest BCUT2D eigenvalue weighted by atomic mass is 19.4. The molecular formula is C19H24F3N3O5. The molecule has 1 atom stereocenters. The standard InChI is InChI=1S/C19H24F3N3O5/c1-11(2)9-15(26)23-18(19(20,21)22)16(27)25(17(28)24-18)8-7-12-5-6-13(29-3)14(10-12)30-4/h5-6,10-11H,7-9H2,1-4H3,(H,23,26)(H,24,28)/t18-/m0/s1. The van der Waals surface area contributed by atoms with Crippen molar-refractivity contribution in [3.8, 4) is 11.5 Å². The summed E-state index contributed by atoms with van der Waals surface area (Å²) in [5.41, 5.74) is -2.87. The molecule has 0 saturated carbocycles. The minimum absolute atomic E-state index is 0.0768. The van der Waals surface area contributed by atoms with Crippen molar-refractivity contribution in [1.82, 2.24) is 15.5 Å². The molecule has 2 rings (SSSR count). The van der Waals surface area contributed by atoms with Crippen LogP contribution in [0, 0.1) is 5.92 Å². The van der Waals surface area contributed by atoms with E-state index in [0.29, 0.717) is 22.0 Å². The molecule has 0 spiro atoms. The minimum atomic E-state index is -5.22. The number of methoxy groups -OCH3 is 2. The lowest BCUT2D eigenvalue weighted by atomic mass is 10.1.